The molecule has 5 N–H and O–H groups in total. The minimum absolute atomic E-state index is 0.251. The van der Waals surface area contributed by atoms with Gasteiger partial charge in [-0.3, -0.25) is 14.5 Å². The largest absolute Gasteiger partial charge is 0.481 e. The van der Waals surface area contributed by atoms with E-state index in [2.05, 4.69) is 42.2 Å². The topological polar surface area (TPSA) is 156 Å². The molecule has 0 aliphatic carbocycles. The molecule has 0 amide bonds. The molecule has 10 heteroatoms. The maximum atomic E-state index is 13.2. The van der Waals surface area contributed by atoms with E-state index in [1.165, 1.54) is 23.3 Å². The predicted molar refractivity (Wildman–Crippen MR) is 140 cm³/mol. The van der Waals surface area contributed by atoms with Crippen LogP contribution in [0.25, 0.3) is 6.08 Å². The second-order valence-electron chi connectivity index (χ2n) is 10.4. The number of rotatable bonds is 9. The van der Waals surface area contributed by atoms with Crippen LogP contribution in [0.1, 0.15) is 56.6 Å². The van der Waals surface area contributed by atoms with E-state index in [1.54, 1.807) is 12.1 Å². The van der Waals surface area contributed by atoms with Crippen molar-refractivity contribution in [2.24, 2.45) is 0 Å². The van der Waals surface area contributed by atoms with Crippen LogP contribution in [0.5, 0.6) is 0 Å². The molecular formula is C29H34FNO8. The normalized spacial score (nSPS) is 23.0. The number of carboxylic acids is 3. The number of aliphatic carboxylic acids is 3. The molecule has 210 valence electrons. The first-order valence-corrected chi connectivity index (χ1v) is 12.7. The van der Waals surface area contributed by atoms with Gasteiger partial charge < -0.3 is 25.5 Å². The Morgan fingerprint density at radius 1 is 0.949 bits per heavy atom. The Morgan fingerprint density at radius 2 is 1.46 bits per heavy atom. The number of aliphatic hydroxyl groups is 2. The van der Waals surface area contributed by atoms with Crippen molar-refractivity contribution in [1.29, 1.82) is 0 Å². The first-order chi connectivity index (χ1) is 18.3. The lowest BCUT2D eigenvalue weighted by molar-refractivity contribution is -0.170. The van der Waals surface area contributed by atoms with Gasteiger partial charge in [-0.15, -0.1) is 0 Å². The summed E-state index contributed by atoms with van der Waals surface area (Å²) in [5, 5.41) is 45.0. The SMILES string of the molecule is C/C(=C\c1ccccc1)CN1C2CCC1CC(O)(c1ccc(F)cc1)C2.O=C(O)CC(O)(CC(=O)O)C(=O)O. The van der Waals surface area contributed by atoms with E-state index < -0.39 is 42.0 Å². The summed E-state index contributed by atoms with van der Waals surface area (Å²) in [5.41, 5.74) is -0.130. The molecule has 2 aromatic rings. The smallest absolute Gasteiger partial charge is 0.336 e. The monoisotopic (exact) mass is 543 g/mol. The lowest BCUT2D eigenvalue weighted by atomic mass is 9.80. The van der Waals surface area contributed by atoms with Crippen LogP contribution >= 0.6 is 0 Å². The van der Waals surface area contributed by atoms with Crippen LogP contribution in [-0.2, 0) is 20.0 Å². The van der Waals surface area contributed by atoms with Gasteiger partial charge in [0.25, 0.3) is 0 Å². The number of carbonyl (C=O) groups is 3. The molecule has 4 rings (SSSR count). The molecule has 2 saturated heterocycles. The molecule has 2 bridgehead atoms. The second-order valence-corrected chi connectivity index (χ2v) is 10.4. The van der Waals surface area contributed by atoms with Crippen molar-refractivity contribution in [2.45, 2.75) is 68.7 Å². The maximum absolute atomic E-state index is 13.2. The molecule has 0 aromatic heterocycles. The molecule has 9 nitrogen and oxygen atoms in total. The highest BCUT2D eigenvalue weighted by Crippen LogP contribution is 2.45. The third-order valence-corrected chi connectivity index (χ3v) is 7.23. The van der Waals surface area contributed by atoms with Gasteiger partial charge in [-0.1, -0.05) is 54.1 Å². The fourth-order valence-electron chi connectivity index (χ4n) is 5.45. The summed E-state index contributed by atoms with van der Waals surface area (Å²) in [6.07, 6.45) is 3.69. The zero-order valence-corrected chi connectivity index (χ0v) is 21.7. The Balaban J connectivity index is 0.000000276. The van der Waals surface area contributed by atoms with E-state index in [1.807, 2.05) is 6.07 Å². The van der Waals surface area contributed by atoms with E-state index in [0.717, 1.165) is 37.8 Å². The molecule has 0 saturated carbocycles. The first-order valence-electron chi connectivity index (χ1n) is 12.7. The highest BCUT2D eigenvalue weighted by Gasteiger charge is 2.48. The molecule has 39 heavy (non-hydrogen) atoms. The molecule has 2 fully saturated rings. The van der Waals surface area contributed by atoms with Crippen molar-refractivity contribution in [2.75, 3.05) is 6.54 Å². The molecule has 0 spiro atoms. The van der Waals surface area contributed by atoms with Crippen molar-refractivity contribution in [3.8, 4) is 0 Å². The van der Waals surface area contributed by atoms with Gasteiger partial charge in [-0.25, -0.2) is 9.18 Å². The van der Waals surface area contributed by atoms with Gasteiger partial charge in [0.2, 0.25) is 0 Å². The highest BCUT2D eigenvalue weighted by molar-refractivity contribution is 5.88. The van der Waals surface area contributed by atoms with Crippen LogP contribution in [0.15, 0.2) is 60.2 Å². The standard InChI is InChI=1S/C23H26FNO.C6H8O7/c1-17(13-18-5-3-2-4-6-18)16-25-21-11-12-22(25)15-23(26,14-21)19-7-9-20(24)10-8-19;7-3(8)1-6(13,5(11)12)2-4(9)10/h2-10,13,21-22,26H,11-12,14-16H2,1H3;13H,1-2H2,(H,7,8)(H,9,10)(H,11,12)/b17-13+;. The number of halogens is 1. The highest BCUT2D eigenvalue weighted by atomic mass is 19.1. The molecular weight excluding hydrogens is 509 g/mol. The van der Waals surface area contributed by atoms with Gasteiger partial charge in [0.15, 0.2) is 5.60 Å². The Kier molecular flexibility index (Phi) is 9.60. The number of hydrogen-bond acceptors (Lipinski definition) is 6. The molecule has 0 radical (unpaired) electrons. The Hall–Kier alpha value is -3.60. The Morgan fingerprint density at radius 3 is 1.92 bits per heavy atom. The zero-order valence-electron chi connectivity index (χ0n) is 21.7. The van der Waals surface area contributed by atoms with Crippen molar-refractivity contribution in [1.82, 2.24) is 4.90 Å². The predicted octanol–water partition coefficient (Wildman–Crippen LogP) is 3.50. The molecule has 2 aliphatic heterocycles. The number of hydrogen-bond donors (Lipinski definition) is 5. The fraction of sp³-hybridized carbons (Fsp3) is 0.414. The van der Waals surface area contributed by atoms with Gasteiger partial charge in [0, 0.05) is 18.6 Å². The molecule has 2 aromatic carbocycles. The van der Waals surface area contributed by atoms with Crippen LogP contribution in [0.3, 0.4) is 0 Å². The van der Waals surface area contributed by atoms with Crippen LogP contribution in [0.4, 0.5) is 4.39 Å². The summed E-state index contributed by atoms with van der Waals surface area (Å²) in [7, 11) is 0. The first kappa shape index (κ1) is 29.9. The van der Waals surface area contributed by atoms with E-state index >= 15 is 0 Å². The second kappa shape index (κ2) is 12.5. The molecule has 2 heterocycles. The summed E-state index contributed by atoms with van der Waals surface area (Å²) in [5.74, 6) is -5.27. The van der Waals surface area contributed by atoms with E-state index in [-0.39, 0.29) is 5.82 Å². The van der Waals surface area contributed by atoms with Crippen molar-refractivity contribution in [3.05, 3.63) is 77.1 Å². The van der Waals surface area contributed by atoms with Crippen molar-refractivity contribution in [3.63, 3.8) is 0 Å². The minimum Gasteiger partial charge on any atom is -0.481 e. The minimum atomic E-state index is -2.74. The molecule has 2 unspecified atom stereocenters. The Bertz CT molecular complexity index is 1170. The number of benzene rings is 2. The van der Waals surface area contributed by atoms with Gasteiger partial charge in [-0.2, -0.15) is 0 Å². The number of fused-ring (bicyclic) bond motifs is 2. The fourth-order valence-corrected chi connectivity index (χ4v) is 5.45. The summed E-state index contributed by atoms with van der Waals surface area (Å²) in [6, 6.07) is 17.6. The van der Waals surface area contributed by atoms with Crippen LogP contribution in [-0.4, -0.2) is 72.6 Å². The van der Waals surface area contributed by atoms with E-state index in [9.17, 15) is 23.9 Å². The lowest BCUT2D eigenvalue weighted by Gasteiger charge is -2.44. The third-order valence-electron chi connectivity index (χ3n) is 7.23. The Labute approximate surface area is 225 Å². The van der Waals surface area contributed by atoms with Crippen molar-refractivity contribution >= 4 is 24.0 Å². The number of carboxylic acid groups (broad SMARTS) is 3. The summed E-state index contributed by atoms with van der Waals surface area (Å²) in [6.45, 7) is 3.14. The lowest BCUT2D eigenvalue weighted by Crippen LogP contribution is -2.50. The molecule has 2 aliphatic rings. The van der Waals surface area contributed by atoms with Gasteiger partial charge >= 0.3 is 17.9 Å². The van der Waals surface area contributed by atoms with Crippen LogP contribution in [0.2, 0.25) is 0 Å². The number of nitrogens with zero attached hydrogens (tertiary/aromatic N) is 1. The molecule has 2 atom stereocenters. The van der Waals surface area contributed by atoms with E-state index in [0.29, 0.717) is 12.1 Å². The van der Waals surface area contributed by atoms with Crippen LogP contribution in [0, 0.1) is 5.82 Å². The van der Waals surface area contributed by atoms with Gasteiger partial charge in [0.1, 0.15) is 5.82 Å². The maximum Gasteiger partial charge on any atom is 0.336 e. The average Bonchev–Trinajstić information content (AvgIpc) is 3.08. The third kappa shape index (κ3) is 7.95. The zero-order chi connectivity index (χ0) is 28.8. The van der Waals surface area contributed by atoms with Gasteiger partial charge in [0.05, 0.1) is 18.4 Å². The summed E-state index contributed by atoms with van der Waals surface area (Å²) < 4.78 is 13.2. The van der Waals surface area contributed by atoms with Crippen molar-refractivity contribution < 1.29 is 44.3 Å². The summed E-state index contributed by atoms with van der Waals surface area (Å²) in [4.78, 5) is 33.0. The van der Waals surface area contributed by atoms with Crippen LogP contribution < -0.4 is 0 Å². The summed E-state index contributed by atoms with van der Waals surface area (Å²) >= 11 is 0. The van der Waals surface area contributed by atoms with E-state index in [4.69, 9.17) is 20.4 Å². The van der Waals surface area contributed by atoms with Gasteiger partial charge in [-0.05, 0) is 55.9 Å². The average molecular weight is 544 g/mol. The number of piperidine rings is 1. The quantitative estimate of drug-likeness (QED) is 0.319.